The Morgan fingerprint density at radius 2 is 1.77 bits per heavy atom. The second-order valence-electron chi connectivity index (χ2n) is 7.56. The predicted molar refractivity (Wildman–Crippen MR) is 123 cm³/mol. The van der Waals surface area contributed by atoms with Crippen LogP contribution in [0.4, 0.5) is 9.52 Å². The van der Waals surface area contributed by atoms with Crippen molar-refractivity contribution in [1.82, 2.24) is 4.98 Å². The van der Waals surface area contributed by atoms with Gasteiger partial charge in [-0.15, -0.1) is 0 Å². The lowest BCUT2D eigenvalue weighted by atomic mass is 10.0. The van der Waals surface area contributed by atoms with Gasteiger partial charge in [0, 0.05) is 0 Å². The SMILES string of the molecule is CC(C)c1ccc(OCC(=O)N(Cc2ccccc2)c2nc3c(F)cccc3s2)cc1. The van der Waals surface area contributed by atoms with Crippen molar-refractivity contribution in [3.8, 4) is 5.75 Å². The van der Waals surface area contributed by atoms with Gasteiger partial charge in [-0.3, -0.25) is 9.69 Å². The molecule has 0 aliphatic carbocycles. The lowest BCUT2D eigenvalue weighted by molar-refractivity contribution is -0.120. The quantitative estimate of drug-likeness (QED) is 0.349. The third kappa shape index (κ3) is 4.91. The zero-order valence-electron chi connectivity index (χ0n) is 17.4. The minimum absolute atomic E-state index is 0.133. The lowest BCUT2D eigenvalue weighted by Gasteiger charge is -2.20. The second kappa shape index (κ2) is 9.27. The molecule has 0 radical (unpaired) electrons. The Labute approximate surface area is 184 Å². The monoisotopic (exact) mass is 434 g/mol. The molecular formula is C25H23FN2O2S. The number of ether oxygens (including phenoxy) is 1. The van der Waals surface area contributed by atoms with Crippen LogP contribution in [0.1, 0.15) is 30.9 Å². The Balaban J connectivity index is 1.57. The molecule has 0 saturated carbocycles. The third-order valence-electron chi connectivity index (χ3n) is 4.98. The van der Waals surface area contributed by atoms with Crippen LogP contribution in [0, 0.1) is 5.82 Å². The van der Waals surface area contributed by atoms with Crippen LogP contribution in [0.2, 0.25) is 0 Å². The van der Waals surface area contributed by atoms with Crippen molar-refractivity contribution in [3.05, 3.63) is 89.7 Å². The number of nitrogens with zero attached hydrogens (tertiary/aromatic N) is 2. The van der Waals surface area contributed by atoms with Gasteiger partial charge in [0.05, 0.1) is 11.2 Å². The molecule has 31 heavy (non-hydrogen) atoms. The van der Waals surface area contributed by atoms with Crippen LogP contribution in [-0.2, 0) is 11.3 Å². The normalized spacial score (nSPS) is 11.1. The average molecular weight is 435 g/mol. The highest BCUT2D eigenvalue weighted by molar-refractivity contribution is 7.22. The van der Waals surface area contributed by atoms with Crippen LogP contribution >= 0.6 is 11.3 Å². The smallest absolute Gasteiger partial charge is 0.267 e. The topological polar surface area (TPSA) is 42.4 Å². The van der Waals surface area contributed by atoms with Crippen LogP contribution in [0.3, 0.4) is 0 Å². The number of fused-ring (bicyclic) bond motifs is 1. The van der Waals surface area contributed by atoms with Gasteiger partial charge in [-0.2, -0.15) is 0 Å². The van der Waals surface area contributed by atoms with Crippen molar-refractivity contribution in [2.45, 2.75) is 26.3 Å². The van der Waals surface area contributed by atoms with Gasteiger partial charge in [-0.1, -0.05) is 73.7 Å². The number of aromatic nitrogens is 1. The van der Waals surface area contributed by atoms with Crippen molar-refractivity contribution >= 4 is 32.6 Å². The molecular weight excluding hydrogens is 411 g/mol. The highest BCUT2D eigenvalue weighted by Crippen LogP contribution is 2.31. The number of amides is 1. The first-order valence-electron chi connectivity index (χ1n) is 10.1. The van der Waals surface area contributed by atoms with E-state index in [0.717, 1.165) is 5.56 Å². The standard InChI is InChI=1S/C25H23FN2O2S/c1-17(2)19-11-13-20(14-12-19)30-16-23(29)28(15-18-7-4-3-5-8-18)25-27-24-21(26)9-6-10-22(24)31-25/h3-14,17H,15-16H2,1-2H3. The fraction of sp³-hybridized carbons (Fsp3) is 0.200. The van der Waals surface area contributed by atoms with E-state index < -0.39 is 5.82 Å². The summed E-state index contributed by atoms with van der Waals surface area (Å²) in [5.74, 6) is 0.425. The van der Waals surface area contributed by atoms with E-state index in [2.05, 4.69) is 18.8 Å². The summed E-state index contributed by atoms with van der Waals surface area (Å²) in [7, 11) is 0. The van der Waals surface area contributed by atoms with Crippen LogP contribution in [0.5, 0.6) is 5.75 Å². The fourth-order valence-electron chi connectivity index (χ4n) is 3.22. The molecule has 0 saturated heterocycles. The number of para-hydroxylation sites is 1. The van der Waals surface area contributed by atoms with E-state index in [1.807, 2.05) is 54.6 Å². The Morgan fingerprint density at radius 3 is 2.45 bits per heavy atom. The van der Waals surface area contributed by atoms with Crippen LogP contribution in [0.25, 0.3) is 10.2 Å². The lowest BCUT2D eigenvalue weighted by Crippen LogP contribution is -2.34. The zero-order chi connectivity index (χ0) is 21.8. The Hall–Kier alpha value is -3.25. The van der Waals surface area contributed by atoms with E-state index >= 15 is 0 Å². The maximum Gasteiger partial charge on any atom is 0.267 e. The Bertz CT molecular complexity index is 1170. The predicted octanol–water partition coefficient (Wildman–Crippen LogP) is 6.17. The maximum atomic E-state index is 14.2. The molecule has 4 nitrogen and oxygen atoms in total. The molecule has 1 aromatic heterocycles. The molecule has 1 heterocycles. The van der Waals surface area contributed by atoms with Crippen molar-refractivity contribution in [1.29, 1.82) is 0 Å². The molecule has 0 aliphatic rings. The molecule has 0 atom stereocenters. The highest BCUT2D eigenvalue weighted by atomic mass is 32.1. The number of halogens is 1. The molecule has 3 aromatic carbocycles. The summed E-state index contributed by atoms with van der Waals surface area (Å²) in [5, 5.41) is 0.452. The van der Waals surface area contributed by atoms with Crippen molar-refractivity contribution < 1.29 is 13.9 Å². The van der Waals surface area contributed by atoms with Crippen LogP contribution in [-0.4, -0.2) is 17.5 Å². The number of benzene rings is 3. The van der Waals surface area contributed by atoms with Crippen molar-refractivity contribution in [2.24, 2.45) is 0 Å². The number of hydrogen-bond acceptors (Lipinski definition) is 4. The van der Waals surface area contributed by atoms with Crippen LogP contribution < -0.4 is 9.64 Å². The number of carbonyl (C=O) groups is 1. The van der Waals surface area contributed by atoms with Gasteiger partial charge >= 0.3 is 0 Å². The minimum Gasteiger partial charge on any atom is -0.484 e. The van der Waals surface area contributed by atoms with E-state index in [1.54, 1.807) is 17.0 Å². The van der Waals surface area contributed by atoms with Gasteiger partial charge < -0.3 is 4.74 Å². The van der Waals surface area contributed by atoms with E-state index in [9.17, 15) is 9.18 Å². The van der Waals surface area contributed by atoms with E-state index in [4.69, 9.17) is 4.74 Å². The third-order valence-corrected chi connectivity index (χ3v) is 6.03. The number of rotatable bonds is 7. The number of anilines is 1. The number of thiazole rings is 1. The van der Waals surface area contributed by atoms with Crippen LogP contribution in [0.15, 0.2) is 72.8 Å². The van der Waals surface area contributed by atoms with Crippen molar-refractivity contribution in [2.75, 3.05) is 11.5 Å². The van der Waals surface area contributed by atoms with Gasteiger partial charge in [0.1, 0.15) is 17.1 Å². The van der Waals surface area contributed by atoms with Crippen molar-refractivity contribution in [3.63, 3.8) is 0 Å². The minimum atomic E-state index is -0.395. The van der Waals surface area contributed by atoms with Gasteiger partial charge in [0.15, 0.2) is 11.7 Å². The molecule has 0 bridgehead atoms. The summed E-state index contributed by atoms with van der Waals surface area (Å²) in [4.78, 5) is 19.1. The molecule has 0 spiro atoms. The van der Waals surface area contributed by atoms with Gasteiger partial charge in [-0.05, 0) is 41.3 Å². The summed E-state index contributed by atoms with van der Waals surface area (Å²) in [6.07, 6.45) is 0. The molecule has 0 unspecified atom stereocenters. The average Bonchev–Trinajstić information content (AvgIpc) is 3.22. The zero-order valence-corrected chi connectivity index (χ0v) is 18.2. The summed E-state index contributed by atoms with van der Waals surface area (Å²) in [5.41, 5.74) is 2.44. The molecule has 0 aliphatic heterocycles. The van der Waals surface area contributed by atoms with Gasteiger partial charge in [-0.25, -0.2) is 9.37 Å². The molecule has 0 N–H and O–H groups in total. The molecule has 1 amide bonds. The molecule has 4 rings (SSSR count). The molecule has 4 aromatic rings. The fourth-order valence-corrected chi connectivity index (χ4v) is 4.22. The number of hydrogen-bond donors (Lipinski definition) is 0. The van der Waals surface area contributed by atoms with Gasteiger partial charge in [0.25, 0.3) is 5.91 Å². The first-order chi connectivity index (χ1) is 15.0. The van der Waals surface area contributed by atoms with Gasteiger partial charge in [0.2, 0.25) is 0 Å². The maximum absolute atomic E-state index is 14.2. The van der Waals surface area contributed by atoms with E-state index in [-0.39, 0.29) is 18.0 Å². The first kappa shape index (κ1) is 21.0. The molecule has 0 fully saturated rings. The second-order valence-corrected chi connectivity index (χ2v) is 8.57. The number of carbonyl (C=O) groups excluding carboxylic acids is 1. The van der Waals surface area contributed by atoms with E-state index in [0.29, 0.717) is 28.0 Å². The summed E-state index contributed by atoms with van der Waals surface area (Å²) < 4.78 is 20.6. The Kier molecular flexibility index (Phi) is 6.28. The first-order valence-corrected chi connectivity index (χ1v) is 10.9. The molecule has 6 heteroatoms. The summed E-state index contributed by atoms with van der Waals surface area (Å²) in [6, 6.07) is 22.2. The van der Waals surface area contributed by atoms with E-state index in [1.165, 1.54) is 23.0 Å². The highest BCUT2D eigenvalue weighted by Gasteiger charge is 2.22. The summed E-state index contributed by atoms with van der Waals surface area (Å²) in [6.45, 7) is 4.45. The Morgan fingerprint density at radius 1 is 1.03 bits per heavy atom. The summed E-state index contributed by atoms with van der Waals surface area (Å²) >= 11 is 1.29. The molecule has 158 valence electrons. The largest absolute Gasteiger partial charge is 0.484 e.